The minimum atomic E-state index is -0.539. The van der Waals surface area contributed by atoms with Crippen LogP contribution in [0.25, 0.3) is 0 Å². The lowest BCUT2D eigenvalue weighted by molar-refractivity contribution is -0.155. The predicted molar refractivity (Wildman–Crippen MR) is 76.1 cm³/mol. The molecule has 5 heteroatoms. The van der Waals surface area contributed by atoms with Gasteiger partial charge in [0.25, 0.3) is 0 Å². The first-order valence-corrected chi connectivity index (χ1v) is 6.51. The number of ether oxygens (including phenoxy) is 1. The third-order valence-corrected chi connectivity index (χ3v) is 2.37. The molecular formula is C15H21NO4. The van der Waals surface area contributed by atoms with Crippen LogP contribution in [0.2, 0.25) is 0 Å². The van der Waals surface area contributed by atoms with Crippen molar-refractivity contribution in [2.24, 2.45) is 0 Å². The van der Waals surface area contributed by atoms with Gasteiger partial charge in [-0.3, -0.25) is 9.59 Å². The number of esters is 1. The molecule has 0 radical (unpaired) electrons. The molecule has 0 spiro atoms. The van der Waals surface area contributed by atoms with Crippen molar-refractivity contribution in [1.29, 1.82) is 0 Å². The van der Waals surface area contributed by atoms with Gasteiger partial charge in [-0.1, -0.05) is 12.1 Å². The topological polar surface area (TPSA) is 75.6 Å². The molecule has 0 aliphatic rings. The van der Waals surface area contributed by atoms with E-state index in [0.717, 1.165) is 5.56 Å². The Labute approximate surface area is 118 Å². The van der Waals surface area contributed by atoms with Gasteiger partial charge in [-0.15, -0.1) is 0 Å². The summed E-state index contributed by atoms with van der Waals surface area (Å²) < 4.78 is 5.12. The summed E-state index contributed by atoms with van der Waals surface area (Å²) in [5.41, 5.74) is 0.781. The summed E-state index contributed by atoms with van der Waals surface area (Å²) >= 11 is 0. The third kappa shape index (κ3) is 6.33. The summed E-state index contributed by atoms with van der Waals surface area (Å²) in [5, 5.41) is 11.7. The van der Waals surface area contributed by atoms with Crippen molar-refractivity contribution in [2.75, 3.05) is 5.32 Å². The summed E-state index contributed by atoms with van der Waals surface area (Å²) in [6, 6.07) is 6.92. The van der Waals surface area contributed by atoms with Crippen molar-refractivity contribution in [3.8, 4) is 0 Å². The monoisotopic (exact) mass is 279 g/mol. The van der Waals surface area contributed by atoms with E-state index >= 15 is 0 Å². The molecule has 1 amide bonds. The van der Waals surface area contributed by atoms with Crippen LogP contribution in [0, 0.1) is 0 Å². The van der Waals surface area contributed by atoms with Gasteiger partial charge >= 0.3 is 5.97 Å². The van der Waals surface area contributed by atoms with E-state index in [9.17, 15) is 9.59 Å². The molecular weight excluding hydrogens is 258 g/mol. The smallest absolute Gasteiger partial charge is 0.306 e. The van der Waals surface area contributed by atoms with Crippen molar-refractivity contribution < 1.29 is 19.4 Å². The Kier molecular flexibility index (Phi) is 5.70. The lowest BCUT2D eigenvalue weighted by atomic mass is 10.2. The van der Waals surface area contributed by atoms with Crippen LogP contribution in [-0.4, -0.2) is 22.6 Å². The predicted octanol–water partition coefficient (Wildman–Crippen LogP) is 2.24. The molecule has 1 rings (SSSR count). The normalized spacial score (nSPS) is 11.0. The fourth-order valence-electron chi connectivity index (χ4n) is 1.58. The zero-order valence-corrected chi connectivity index (χ0v) is 12.1. The minimum absolute atomic E-state index is 0.0444. The second kappa shape index (κ2) is 7.05. The van der Waals surface area contributed by atoms with Gasteiger partial charge in [0.05, 0.1) is 13.0 Å². The van der Waals surface area contributed by atoms with E-state index in [4.69, 9.17) is 9.84 Å². The summed E-state index contributed by atoms with van der Waals surface area (Å²) in [5.74, 6) is -0.650. The van der Waals surface area contributed by atoms with E-state index in [1.54, 1.807) is 45.0 Å². The molecule has 2 N–H and O–H groups in total. The minimum Gasteiger partial charge on any atom is -0.460 e. The SMILES string of the molecule is CC(C)(C)OC(=O)CCC(=O)Nc1cccc(CO)c1. The molecule has 1 aromatic carbocycles. The Hall–Kier alpha value is -1.88. The number of aliphatic hydroxyl groups is 1. The molecule has 20 heavy (non-hydrogen) atoms. The Balaban J connectivity index is 2.42. The number of anilines is 1. The van der Waals surface area contributed by atoms with E-state index in [1.165, 1.54) is 0 Å². The quantitative estimate of drug-likeness (QED) is 0.810. The first-order valence-electron chi connectivity index (χ1n) is 6.51. The van der Waals surface area contributed by atoms with Gasteiger partial charge < -0.3 is 15.2 Å². The Morgan fingerprint density at radius 2 is 1.95 bits per heavy atom. The van der Waals surface area contributed by atoms with E-state index in [-0.39, 0.29) is 25.4 Å². The van der Waals surface area contributed by atoms with Gasteiger partial charge in [-0.2, -0.15) is 0 Å². The molecule has 0 heterocycles. The molecule has 0 saturated carbocycles. The zero-order valence-electron chi connectivity index (χ0n) is 12.1. The summed E-state index contributed by atoms with van der Waals surface area (Å²) in [4.78, 5) is 23.2. The maximum atomic E-state index is 11.7. The van der Waals surface area contributed by atoms with Crippen LogP contribution in [0.15, 0.2) is 24.3 Å². The maximum Gasteiger partial charge on any atom is 0.306 e. The molecule has 0 aliphatic heterocycles. The Bertz CT molecular complexity index is 477. The van der Waals surface area contributed by atoms with Crippen LogP contribution in [0.5, 0.6) is 0 Å². The summed E-state index contributed by atoms with van der Waals surface area (Å²) in [6.07, 6.45) is 0.112. The molecule has 0 unspecified atom stereocenters. The maximum absolute atomic E-state index is 11.7. The van der Waals surface area contributed by atoms with Crippen molar-refractivity contribution in [3.63, 3.8) is 0 Å². The van der Waals surface area contributed by atoms with Gasteiger partial charge in [0, 0.05) is 12.1 Å². The highest BCUT2D eigenvalue weighted by Crippen LogP contribution is 2.12. The number of aliphatic hydroxyl groups excluding tert-OH is 1. The van der Waals surface area contributed by atoms with E-state index in [2.05, 4.69) is 5.32 Å². The second-order valence-corrected chi connectivity index (χ2v) is 5.49. The molecule has 0 bridgehead atoms. The molecule has 0 aliphatic carbocycles. The fraction of sp³-hybridized carbons (Fsp3) is 0.467. The van der Waals surface area contributed by atoms with Crippen LogP contribution >= 0.6 is 0 Å². The number of benzene rings is 1. The van der Waals surface area contributed by atoms with Gasteiger partial charge in [0.1, 0.15) is 5.60 Å². The lowest BCUT2D eigenvalue weighted by Gasteiger charge is -2.19. The number of carbonyl (C=O) groups is 2. The first-order chi connectivity index (χ1) is 9.30. The highest BCUT2D eigenvalue weighted by atomic mass is 16.6. The molecule has 0 saturated heterocycles. The Morgan fingerprint density at radius 3 is 2.55 bits per heavy atom. The molecule has 5 nitrogen and oxygen atoms in total. The molecule has 0 aromatic heterocycles. The van der Waals surface area contributed by atoms with Crippen molar-refractivity contribution in [1.82, 2.24) is 0 Å². The average molecular weight is 279 g/mol. The van der Waals surface area contributed by atoms with Crippen LogP contribution in [0.1, 0.15) is 39.2 Å². The lowest BCUT2D eigenvalue weighted by Crippen LogP contribution is -2.24. The molecule has 0 atom stereocenters. The van der Waals surface area contributed by atoms with Gasteiger partial charge in [-0.25, -0.2) is 0 Å². The number of hydrogen-bond donors (Lipinski definition) is 2. The van der Waals surface area contributed by atoms with E-state index in [0.29, 0.717) is 5.69 Å². The Morgan fingerprint density at radius 1 is 1.25 bits per heavy atom. The third-order valence-electron chi connectivity index (χ3n) is 2.37. The van der Waals surface area contributed by atoms with E-state index < -0.39 is 11.6 Å². The number of hydrogen-bond acceptors (Lipinski definition) is 4. The van der Waals surface area contributed by atoms with E-state index in [1.807, 2.05) is 0 Å². The average Bonchev–Trinajstić information content (AvgIpc) is 2.34. The number of amides is 1. The zero-order chi connectivity index (χ0) is 15.2. The summed E-state index contributed by atoms with van der Waals surface area (Å²) in [7, 11) is 0. The van der Waals surface area contributed by atoms with Crippen LogP contribution in [-0.2, 0) is 20.9 Å². The van der Waals surface area contributed by atoms with Gasteiger partial charge in [-0.05, 0) is 38.5 Å². The van der Waals surface area contributed by atoms with Crippen LogP contribution in [0.3, 0.4) is 0 Å². The summed E-state index contributed by atoms with van der Waals surface area (Å²) in [6.45, 7) is 5.27. The first kappa shape index (κ1) is 16.2. The van der Waals surface area contributed by atoms with Crippen molar-refractivity contribution in [3.05, 3.63) is 29.8 Å². The number of carbonyl (C=O) groups excluding carboxylic acids is 2. The van der Waals surface area contributed by atoms with Gasteiger partial charge in [0.2, 0.25) is 5.91 Å². The standard InChI is InChI=1S/C15H21NO4/c1-15(2,3)20-14(19)8-7-13(18)16-12-6-4-5-11(9-12)10-17/h4-6,9,17H,7-8,10H2,1-3H3,(H,16,18). The van der Waals surface area contributed by atoms with Crippen molar-refractivity contribution >= 4 is 17.6 Å². The highest BCUT2D eigenvalue weighted by Gasteiger charge is 2.17. The van der Waals surface area contributed by atoms with Gasteiger partial charge in [0.15, 0.2) is 0 Å². The number of nitrogens with one attached hydrogen (secondary N) is 1. The van der Waals surface area contributed by atoms with Crippen molar-refractivity contribution in [2.45, 2.75) is 45.8 Å². The fourth-order valence-corrected chi connectivity index (χ4v) is 1.58. The van der Waals surface area contributed by atoms with Crippen LogP contribution < -0.4 is 5.32 Å². The number of rotatable bonds is 5. The van der Waals surface area contributed by atoms with Crippen LogP contribution in [0.4, 0.5) is 5.69 Å². The molecule has 0 fully saturated rings. The highest BCUT2D eigenvalue weighted by molar-refractivity contribution is 5.92. The second-order valence-electron chi connectivity index (χ2n) is 5.49. The molecule has 110 valence electrons. The largest absolute Gasteiger partial charge is 0.460 e. The molecule has 1 aromatic rings.